The molecule has 1 aliphatic carbocycles. The van der Waals surface area contributed by atoms with Crippen LogP contribution < -0.4 is 4.90 Å². The van der Waals surface area contributed by atoms with E-state index < -0.39 is 0 Å². The van der Waals surface area contributed by atoms with Crippen molar-refractivity contribution in [1.29, 1.82) is 0 Å². The number of thiophene rings is 1. The van der Waals surface area contributed by atoms with E-state index in [0.717, 1.165) is 12.2 Å². The third kappa shape index (κ3) is 2.05. The summed E-state index contributed by atoms with van der Waals surface area (Å²) in [6.45, 7) is 5.35. The number of rotatable bonds is 1. The van der Waals surface area contributed by atoms with Crippen LogP contribution in [0.1, 0.15) is 35.1 Å². The Morgan fingerprint density at radius 3 is 2.61 bits per heavy atom. The van der Waals surface area contributed by atoms with E-state index in [0.29, 0.717) is 0 Å². The van der Waals surface area contributed by atoms with Crippen molar-refractivity contribution in [3.8, 4) is 0 Å². The van der Waals surface area contributed by atoms with Crippen LogP contribution in [0.2, 0.25) is 0 Å². The first-order valence-electron chi connectivity index (χ1n) is 8.38. The van der Waals surface area contributed by atoms with Gasteiger partial charge in [0.05, 0.1) is 0 Å². The molecule has 1 nitrogen and oxygen atoms in total. The highest BCUT2D eigenvalue weighted by molar-refractivity contribution is 7.17. The van der Waals surface area contributed by atoms with Crippen LogP contribution in [0.15, 0.2) is 48.4 Å². The molecular weight excluding hydrogens is 298 g/mol. The number of nitrogens with zero attached hydrogens (tertiary/aromatic N) is 1. The molecule has 0 radical (unpaired) electrons. The second-order valence-electron chi connectivity index (χ2n) is 6.66. The van der Waals surface area contributed by atoms with Gasteiger partial charge < -0.3 is 4.90 Å². The highest BCUT2D eigenvalue weighted by Crippen LogP contribution is 2.39. The normalized spacial score (nSPS) is 16.7. The molecule has 0 spiro atoms. The van der Waals surface area contributed by atoms with E-state index in [4.69, 9.17) is 0 Å². The van der Waals surface area contributed by atoms with Gasteiger partial charge in [0.2, 0.25) is 0 Å². The summed E-state index contributed by atoms with van der Waals surface area (Å²) in [5.41, 5.74) is 8.33. The molecule has 2 aliphatic rings. The number of aryl methyl sites for hydroxylation is 2. The summed E-state index contributed by atoms with van der Waals surface area (Å²) in [5.74, 6) is 0. The predicted octanol–water partition coefficient (Wildman–Crippen LogP) is 5.77. The number of hydrogen-bond donors (Lipinski definition) is 0. The average Bonchev–Trinajstić information content (AvgIpc) is 3.17. The van der Waals surface area contributed by atoms with Gasteiger partial charge in [-0.25, -0.2) is 0 Å². The lowest BCUT2D eigenvalue weighted by Gasteiger charge is -2.19. The van der Waals surface area contributed by atoms with Crippen molar-refractivity contribution in [1.82, 2.24) is 0 Å². The standard InChI is InChI=1S/C21H19NS/c1-14-20-12-16-5-3-2-4-15(16)10-18(20)13-22(14)19-6-7-21-17(11-19)8-9-23-21/h6-12H,1-5,13H2. The monoisotopic (exact) mass is 317 g/mol. The fourth-order valence-corrected chi connectivity index (χ4v) is 4.79. The maximum atomic E-state index is 4.40. The van der Waals surface area contributed by atoms with Crippen LogP contribution in [-0.2, 0) is 19.4 Å². The van der Waals surface area contributed by atoms with Crippen molar-refractivity contribution < 1.29 is 0 Å². The van der Waals surface area contributed by atoms with Gasteiger partial charge in [-0.2, -0.15) is 0 Å². The van der Waals surface area contributed by atoms with E-state index in [9.17, 15) is 0 Å². The Kier molecular flexibility index (Phi) is 2.89. The van der Waals surface area contributed by atoms with Crippen molar-refractivity contribution in [2.24, 2.45) is 0 Å². The molecule has 23 heavy (non-hydrogen) atoms. The molecule has 0 N–H and O–H groups in total. The fourth-order valence-electron chi connectivity index (χ4n) is 4.02. The Balaban J connectivity index is 1.57. The average molecular weight is 317 g/mol. The van der Waals surface area contributed by atoms with Crippen LogP contribution in [0.4, 0.5) is 5.69 Å². The largest absolute Gasteiger partial charge is 0.337 e. The molecule has 2 aromatic carbocycles. The summed E-state index contributed by atoms with van der Waals surface area (Å²) in [4.78, 5) is 2.37. The van der Waals surface area contributed by atoms with E-state index >= 15 is 0 Å². The third-order valence-electron chi connectivity index (χ3n) is 5.28. The second-order valence-corrected chi connectivity index (χ2v) is 7.61. The zero-order valence-corrected chi connectivity index (χ0v) is 14.0. The highest BCUT2D eigenvalue weighted by Gasteiger charge is 2.26. The lowest BCUT2D eigenvalue weighted by Crippen LogP contribution is -2.12. The van der Waals surface area contributed by atoms with Gasteiger partial charge in [-0.3, -0.25) is 0 Å². The minimum Gasteiger partial charge on any atom is -0.337 e. The number of benzene rings is 2. The van der Waals surface area contributed by atoms with Gasteiger partial charge in [0, 0.05) is 28.2 Å². The van der Waals surface area contributed by atoms with Crippen LogP contribution in [0.3, 0.4) is 0 Å². The van der Waals surface area contributed by atoms with Crippen molar-refractivity contribution in [3.05, 3.63) is 70.6 Å². The minimum atomic E-state index is 0.955. The van der Waals surface area contributed by atoms with Crippen molar-refractivity contribution in [2.75, 3.05) is 4.90 Å². The summed E-state index contributed by atoms with van der Waals surface area (Å²) in [7, 11) is 0. The molecule has 2 heteroatoms. The highest BCUT2D eigenvalue weighted by atomic mass is 32.1. The molecular formula is C21H19NS. The van der Waals surface area contributed by atoms with Gasteiger partial charge in [0.15, 0.2) is 0 Å². The summed E-state index contributed by atoms with van der Waals surface area (Å²) in [6, 6.07) is 13.8. The molecule has 2 heterocycles. The van der Waals surface area contributed by atoms with Gasteiger partial charge in [0.1, 0.15) is 0 Å². The van der Waals surface area contributed by atoms with Crippen LogP contribution in [0, 0.1) is 0 Å². The first-order chi connectivity index (χ1) is 11.3. The van der Waals surface area contributed by atoms with Crippen LogP contribution in [0.25, 0.3) is 15.8 Å². The molecule has 0 fully saturated rings. The molecule has 0 unspecified atom stereocenters. The minimum absolute atomic E-state index is 0.955. The summed E-state index contributed by atoms with van der Waals surface area (Å²) >= 11 is 1.80. The van der Waals surface area contributed by atoms with E-state index in [-0.39, 0.29) is 0 Å². The summed E-state index contributed by atoms with van der Waals surface area (Å²) < 4.78 is 1.35. The number of hydrogen-bond acceptors (Lipinski definition) is 2. The molecule has 0 saturated carbocycles. The molecule has 0 amide bonds. The smallest absolute Gasteiger partial charge is 0.0488 e. The van der Waals surface area contributed by atoms with E-state index in [1.165, 1.54) is 52.6 Å². The number of fused-ring (bicyclic) bond motifs is 3. The fraction of sp³-hybridized carbons (Fsp3) is 0.238. The molecule has 0 atom stereocenters. The van der Waals surface area contributed by atoms with Gasteiger partial charge in [-0.15, -0.1) is 11.3 Å². The lowest BCUT2D eigenvalue weighted by molar-refractivity contribution is 0.684. The van der Waals surface area contributed by atoms with E-state index in [2.05, 4.69) is 53.3 Å². The van der Waals surface area contributed by atoms with Crippen LogP contribution in [-0.4, -0.2) is 0 Å². The SMILES string of the molecule is C=C1c2cc3c(cc2CN1c1ccc2sccc2c1)CCCC3. The Hall–Kier alpha value is -2.06. The lowest BCUT2D eigenvalue weighted by atomic mass is 9.88. The molecule has 1 aromatic heterocycles. The van der Waals surface area contributed by atoms with Crippen molar-refractivity contribution >= 4 is 32.8 Å². The first-order valence-corrected chi connectivity index (χ1v) is 9.26. The first kappa shape index (κ1) is 13.4. The molecule has 3 aromatic rings. The maximum Gasteiger partial charge on any atom is 0.0488 e. The summed E-state index contributed by atoms with van der Waals surface area (Å²) in [6.07, 6.45) is 5.15. The zero-order valence-electron chi connectivity index (χ0n) is 13.1. The Labute approximate surface area is 140 Å². The van der Waals surface area contributed by atoms with E-state index in [1.807, 2.05) is 0 Å². The molecule has 114 valence electrons. The third-order valence-corrected chi connectivity index (χ3v) is 6.18. The predicted molar refractivity (Wildman–Crippen MR) is 100 cm³/mol. The van der Waals surface area contributed by atoms with Gasteiger partial charge in [-0.1, -0.05) is 12.6 Å². The Morgan fingerprint density at radius 1 is 0.913 bits per heavy atom. The van der Waals surface area contributed by atoms with Gasteiger partial charge in [-0.05, 0) is 83.5 Å². The quantitative estimate of drug-likeness (QED) is 0.550. The zero-order chi connectivity index (χ0) is 15.4. The molecule has 5 rings (SSSR count). The van der Waals surface area contributed by atoms with Gasteiger partial charge >= 0.3 is 0 Å². The molecule has 0 bridgehead atoms. The second kappa shape index (κ2) is 4.97. The maximum absolute atomic E-state index is 4.40. The van der Waals surface area contributed by atoms with E-state index in [1.54, 1.807) is 22.5 Å². The topological polar surface area (TPSA) is 3.24 Å². The molecule has 0 saturated heterocycles. The Morgan fingerprint density at radius 2 is 1.74 bits per heavy atom. The van der Waals surface area contributed by atoms with Crippen molar-refractivity contribution in [2.45, 2.75) is 32.2 Å². The van der Waals surface area contributed by atoms with Crippen molar-refractivity contribution in [3.63, 3.8) is 0 Å². The number of anilines is 1. The summed E-state index contributed by atoms with van der Waals surface area (Å²) in [5, 5.41) is 3.49. The van der Waals surface area contributed by atoms with Crippen LogP contribution >= 0.6 is 11.3 Å². The van der Waals surface area contributed by atoms with Crippen LogP contribution in [0.5, 0.6) is 0 Å². The molecule has 1 aliphatic heterocycles. The Bertz CT molecular complexity index is 934. The van der Waals surface area contributed by atoms with Gasteiger partial charge in [0.25, 0.3) is 0 Å².